The van der Waals surface area contributed by atoms with Gasteiger partial charge in [0.2, 0.25) is 5.78 Å². The second-order valence-corrected chi connectivity index (χ2v) is 8.66. The number of alkyl halides is 4. The number of hydrogen-bond donors (Lipinski definition) is 0. The lowest BCUT2D eigenvalue weighted by Gasteiger charge is -2.31. The maximum Gasteiger partial charge on any atom is 0.427 e. The summed E-state index contributed by atoms with van der Waals surface area (Å²) >= 11 is 0. The van der Waals surface area contributed by atoms with Gasteiger partial charge in [0.05, 0.1) is 13.2 Å². The molecule has 1 aliphatic heterocycles. The van der Waals surface area contributed by atoms with E-state index in [1.54, 1.807) is 24.3 Å². The van der Waals surface area contributed by atoms with E-state index in [0.29, 0.717) is 0 Å². The van der Waals surface area contributed by atoms with Gasteiger partial charge in [-0.15, -0.1) is 0 Å². The summed E-state index contributed by atoms with van der Waals surface area (Å²) in [6.45, 7) is 0.0344. The molecule has 0 saturated carbocycles. The van der Waals surface area contributed by atoms with Crippen LogP contribution >= 0.6 is 0 Å². The zero-order valence-electron chi connectivity index (χ0n) is 16.6. The number of carbonyl (C=O) groups excluding carboxylic acids is 1. The van der Waals surface area contributed by atoms with Crippen molar-refractivity contribution >= 4 is 15.9 Å². The van der Waals surface area contributed by atoms with Gasteiger partial charge in [0.25, 0.3) is 6.43 Å². The van der Waals surface area contributed by atoms with E-state index in [1.165, 1.54) is 36.4 Å². The third kappa shape index (κ3) is 5.17. The molecule has 2 aromatic carbocycles. The Morgan fingerprint density at radius 3 is 2.06 bits per heavy atom. The lowest BCUT2D eigenvalue weighted by Crippen LogP contribution is -2.45. The van der Waals surface area contributed by atoms with E-state index in [1.807, 2.05) is 0 Å². The molecule has 0 aliphatic carbocycles. The molecule has 1 fully saturated rings. The van der Waals surface area contributed by atoms with E-state index in [0.717, 1.165) is 0 Å². The average molecular weight is 476 g/mol. The molecule has 11 heteroatoms. The predicted molar refractivity (Wildman–Crippen MR) is 105 cm³/mol. The molecule has 1 heterocycles. The van der Waals surface area contributed by atoms with Gasteiger partial charge in [0.1, 0.15) is 6.10 Å². The Morgan fingerprint density at radius 2 is 1.53 bits per heavy atom. The van der Waals surface area contributed by atoms with Crippen LogP contribution in [-0.4, -0.2) is 45.2 Å². The standard InChI is InChI=1S/C21H20F4O6S/c22-19(23)17(14-20(29-11-12-30-20)16-9-5-2-6-10-16)31-32(27,28)21(24,25)18(26)13-15-7-3-1-4-8-15/h1-10,17,19H,11-14H2. The molecule has 1 saturated heterocycles. The number of ketones is 1. The highest BCUT2D eigenvalue weighted by Crippen LogP contribution is 2.39. The molecule has 3 rings (SSSR count). The lowest BCUT2D eigenvalue weighted by atomic mass is 9.99. The summed E-state index contributed by atoms with van der Waals surface area (Å²) in [6.07, 6.45) is -7.85. The van der Waals surface area contributed by atoms with Crippen molar-refractivity contribution in [2.45, 2.75) is 36.4 Å². The van der Waals surface area contributed by atoms with Crippen LogP contribution in [0.1, 0.15) is 17.5 Å². The molecule has 32 heavy (non-hydrogen) atoms. The van der Waals surface area contributed by atoms with Gasteiger partial charge >= 0.3 is 15.4 Å². The van der Waals surface area contributed by atoms with Crippen LogP contribution in [-0.2, 0) is 40.8 Å². The van der Waals surface area contributed by atoms with Gasteiger partial charge in [-0.25, -0.2) is 8.78 Å². The molecular weight excluding hydrogens is 456 g/mol. The Bertz CT molecular complexity index is 1010. The van der Waals surface area contributed by atoms with Crippen LogP contribution in [0.25, 0.3) is 0 Å². The quantitative estimate of drug-likeness (QED) is 0.385. The summed E-state index contributed by atoms with van der Waals surface area (Å²) in [5.74, 6) is -3.80. The first-order valence-corrected chi connectivity index (χ1v) is 11.0. The van der Waals surface area contributed by atoms with E-state index in [9.17, 15) is 30.8 Å². The van der Waals surface area contributed by atoms with E-state index in [-0.39, 0.29) is 24.3 Å². The van der Waals surface area contributed by atoms with E-state index in [2.05, 4.69) is 4.18 Å². The fourth-order valence-electron chi connectivity index (χ4n) is 3.23. The summed E-state index contributed by atoms with van der Waals surface area (Å²) < 4.78 is 95.8. The molecule has 0 aromatic heterocycles. The number of hydrogen-bond acceptors (Lipinski definition) is 6. The minimum Gasteiger partial charge on any atom is -0.343 e. The van der Waals surface area contributed by atoms with Crippen LogP contribution in [0.4, 0.5) is 17.6 Å². The Kier molecular flexibility index (Phi) is 7.33. The molecule has 0 N–H and O–H groups in total. The Labute approximate surface area is 182 Å². The first kappa shape index (κ1) is 24.3. The zero-order valence-corrected chi connectivity index (χ0v) is 17.4. The number of benzene rings is 2. The van der Waals surface area contributed by atoms with Crippen LogP contribution in [0.3, 0.4) is 0 Å². The van der Waals surface area contributed by atoms with Crippen LogP contribution in [0, 0.1) is 0 Å². The van der Waals surface area contributed by atoms with E-state index < -0.39 is 52.3 Å². The van der Waals surface area contributed by atoms with Crippen molar-refractivity contribution in [1.82, 2.24) is 0 Å². The molecule has 174 valence electrons. The van der Waals surface area contributed by atoms with Crippen molar-refractivity contribution in [2.75, 3.05) is 13.2 Å². The van der Waals surface area contributed by atoms with Crippen molar-refractivity contribution in [3.8, 4) is 0 Å². The van der Waals surface area contributed by atoms with Crippen molar-refractivity contribution < 1.29 is 44.4 Å². The Morgan fingerprint density at radius 1 is 1.00 bits per heavy atom. The molecule has 0 bridgehead atoms. The molecule has 0 spiro atoms. The van der Waals surface area contributed by atoms with Gasteiger partial charge in [-0.05, 0) is 5.56 Å². The second-order valence-electron chi connectivity index (χ2n) is 7.05. The third-order valence-corrected chi connectivity index (χ3v) is 6.17. The topological polar surface area (TPSA) is 78.9 Å². The molecule has 1 atom stereocenters. The van der Waals surface area contributed by atoms with Gasteiger partial charge in [-0.3, -0.25) is 8.98 Å². The van der Waals surface area contributed by atoms with Crippen LogP contribution in [0.2, 0.25) is 0 Å². The highest BCUT2D eigenvalue weighted by atomic mass is 32.2. The van der Waals surface area contributed by atoms with E-state index >= 15 is 0 Å². The minimum atomic E-state index is -6.05. The molecule has 6 nitrogen and oxygen atoms in total. The minimum absolute atomic E-state index is 0.0172. The van der Waals surface area contributed by atoms with Crippen LogP contribution in [0.15, 0.2) is 60.7 Å². The number of ether oxygens (including phenoxy) is 2. The smallest absolute Gasteiger partial charge is 0.343 e. The first-order chi connectivity index (χ1) is 15.1. The summed E-state index contributed by atoms with van der Waals surface area (Å²) in [7, 11) is -6.05. The monoisotopic (exact) mass is 476 g/mol. The number of Topliss-reactive ketones (excluding diaryl/α,β-unsaturated/α-hetero) is 1. The lowest BCUT2D eigenvalue weighted by molar-refractivity contribution is -0.193. The van der Waals surface area contributed by atoms with Crippen molar-refractivity contribution in [3.63, 3.8) is 0 Å². The van der Waals surface area contributed by atoms with Crippen molar-refractivity contribution in [1.29, 1.82) is 0 Å². The van der Waals surface area contributed by atoms with Crippen LogP contribution in [0.5, 0.6) is 0 Å². The summed E-state index contributed by atoms with van der Waals surface area (Å²) in [6, 6.07) is 15.0. The molecule has 1 unspecified atom stereocenters. The Balaban J connectivity index is 1.81. The van der Waals surface area contributed by atoms with Crippen molar-refractivity contribution in [2.24, 2.45) is 0 Å². The SMILES string of the molecule is O=C(Cc1ccccc1)C(F)(F)S(=O)(=O)OC(CC1(c2ccccc2)OCCO1)C(F)F. The maximum absolute atomic E-state index is 14.5. The fraction of sp³-hybridized carbons (Fsp3) is 0.381. The summed E-state index contributed by atoms with van der Waals surface area (Å²) in [5.41, 5.74) is 0.421. The highest BCUT2D eigenvalue weighted by molar-refractivity contribution is 7.88. The third-order valence-electron chi connectivity index (χ3n) is 4.81. The van der Waals surface area contributed by atoms with Gasteiger partial charge in [-0.2, -0.15) is 17.2 Å². The number of halogens is 4. The first-order valence-electron chi connectivity index (χ1n) is 9.57. The predicted octanol–water partition coefficient (Wildman–Crippen LogP) is 3.66. The van der Waals surface area contributed by atoms with Gasteiger partial charge in [0, 0.05) is 18.4 Å². The number of carbonyl (C=O) groups is 1. The van der Waals surface area contributed by atoms with Crippen LogP contribution < -0.4 is 0 Å². The maximum atomic E-state index is 14.5. The normalized spacial score (nSPS) is 17.4. The average Bonchev–Trinajstić information content (AvgIpc) is 3.24. The zero-order chi connectivity index (χ0) is 23.4. The fourth-order valence-corrected chi connectivity index (χ4v) is 4.18. The molecule has 0 amide bonds. The largest absolute Gasteiger partial charge is 0.427 e. The highest BCUT2D eigenvalue weighted by Gasteiger charge is 2.56. The number of rotatable bonds is 10. The Hall–Kier alpha value is -2.34. The van der Waals surface area contributed by atoms with Crippen molar-refractivity contribution in [3.05, 3.63) is 71.8 Å². The summed E-state index contributed by atoms with van der Waals surface area (Å²) in [4.78, 5) is 12.0. The molecule has 0 radical (unpaired) electrons. The summed E-state index contributed by atoms with van der Waals surface area (Å²) in [5, 5.41) is -5.03. The molecule has 1 aliphatic rings. The second kappa shape index (κ2) is 9.65. The molecule has 2 aromatic rings. The molecular formula is C21H20F4O6S. The van der Waals surface area contributed by atoms with E-state index in [4.69, 9.17) is 9.47 Å². The van der Waals surface area contributed by atoms with Gasteiger partial charge in [-0.1, -0.05) is 60.7 Å². The van der Waals surface area contributed by atoms with Gasteiger partial charge < -0.3 is 9.47 Å². The van der Waals surface area contributed by atoms with Gasteiger partial charge in [0.15, 0.2) is 5.79 Å².